The standard InChI is InChI=1S/C8H14N4O/c1-3-12-5-7(4-10-12)11-8(13)6(2)9/h4-6H,3,9H2,1-2H3,(H,11,13)/t6-/m1/s1. The fraction of sp³-hybridized carbons (Fsp3) is 0.500. The van der Waals surface area contributed by atoms with Crippen LogP contribution in [0.2, 0.25) is 0 Å². The molecular weight excluding hydrogens is 168 g/mol. The number of carbonyl (C=O) groups excluding carboxylic acids is 1. The highest BCUT2D eigenvalue weighted by atomic mass is 16.2. The van der Waals surface area contributed by atoms with Crippen LogP contribution < -0.4 is 11.1 Å². The first kappa shape index (κ1) is 9.73. The molecule has 0 aliphatic rings. The summed E-state index contributed by atoms with van der Waals surface area (Å²) in [4.78, 5) is 11.1. The molecule has 5 heteroatoms. The lowest BCUT2D eigenvalue weighted by Gasteiger charge is -2.03. The molecule has 1 aromatic rings. The zero-order valence-electron chi connectivity index (χ0n) is 7.82. The first-order valence-corrected chi connectivity index (χ1v) is 4.22. The molecule has 0 unspecified atom stereocenters. The second kappa shape index (κ2) is 4.04. The summed E-state index contributed by atoms with van der Waals surface area (Å²) in [5, 5.41) is 6.66. The molecule has 0 saturated carbocycles. The van der Waals surface area contributed by atoms with Gasteiger partial charge in [0.1, 0.15) is 0 Å². The summed E-state index contributed by atoms with van der Waals surface area (Å²) >= 11 is 0. The average Bonchev–Trinajstić information content (AvgIpc) is 2.52. The molecule has 0 aromatic carbocycles. The molecule has 1 atom stereocenters. The van der Waals surface area contributed by atoms with Gasteiger partial charge in [0.15, 0.2) is 0 Å². The van der Waals surface area contributed by atoms with E-state index >= 15 is 0 Å². The molecule has 0 saturated heterocycles. The molecule has 1 heterocycles. The van der Waals surface area contributed by atoms with Crippen molar-refractivity contribution in [2.45, 2.75) is 26.4 Å². The molecule has 0 aliphatic carbocycles. The largest absolute Gasteiger partial charge is 0.322 e. The first-order valence-electron chi connectivity index (χ1n) is 4.22. The minimum Gasteiger partial charge on any atom is -0.322 e. The Morgan fingerprint density at radius 1 is 1.85 bits per heavy atom. The topological polar surface area (TPSA) is 72.9 Å². The molecule has 0 aliphatic heterocycles. The van der Waals surface area contributed by atoms with E-state index in [0.29, 0.717) is 5.69 Å². The van der Waals surface area contributed by atoms with Crippen LogP contribution in [0, 0.1) is 0 Å². The lowest BCUT2D eigenvalue weighted by molar-refractivity contribution is -0.117. The molecule has 1 aromatic heterocycles. The number of aromatic nitrogens is 2. The van der Waals surface area contributed by atoms with E-state index in [2.05, 4.69) is 10.4 Å². The van der Waals surface area contributed by atoms with Crippen molar-refractivity contribution in [3.63, 3.8) is 0 Å². The number of carbonyl (C=O) groups is 1. The fourth-order valence-electron chi connectivity index (χ4n) is 0.857. The highest BCUT2D eigenvalue weighted by Gasteiger charge is 2.07. The number of rotatable bonds is 3. The van der Waals surface area contributed by atoms with Crippen molar-refractivity contribution in [2.24, 2.45) is 5.73 Å². The normalized spacial score (nSPS) is 12.5. The monoisotopic (exact) mass is 182 g/mol. The highest BCUT2D eigenvalue weighted by Crippen LogP contribution is 2.04. The van der Waals surface area contributed by atoms with Crippen molar-refractivity contribution in [1.82, 2.24) is 9.78 Å². The van der Waals surface area contributed by atoms with Gasteiger partial charge >= 0.3 is 0 Å². The molecule has 5 nitrogen and oxygen atoms in total. The summed E-state index contributed by atoms with van der Waals surface area (Å²) in [6, 6.07) is -0.495. The van der Waals surface area contributed by atoms with E-state index in [1.54, 1.807) is 24.0 Å². The van der Waals surface area contributed by atoms with E-state index in [4.69, 9.17) is 5.73 Å². The van der Waals surface area contributed by atoms with Gasteiger partial charge in [-0.2, -0.15) is 5.10 Å². The molecule has 1 amide bonds. The van der Waals surface area contributed by atoms with Crippen molar-refractivity contribution in [3.8, 4) is 0 Å². The second-order valence-electron chi connectivity index (χ2n) is 2.86. The number of amides is 1. The van der Waals surface area contributed by atoms with Gasteiger partial charge in [0.25, 0.3) is 0 Å². The van der Waals surface area contributed by atoms with E-state index in [-0.39, 0.29) is 5.91 Å². The molecule has 0 bridgehead atoms. The third-order valence-corrected chi connectivity index (χ3v) is 1.64. The van der Waals surface area contributed by atoms with Crippen LogP contribution >= 0.6 is 0 Å². The highest BCUT2D eigenvalue weighted by molar-refractivity contribution is 5.94. The zero-order chi connectivity index (χ0) is 9.84. The van der Waals surface area contributed by atoms with Crippen LogP contribution in [-0.4, -0.2) is 21.7 Å². The Hall–Kier alpha value is -1.36. The summed E-state index contributed by atoms with van der Waals surface area (Å²) in [6.07, 6.45) is 3.37. The molecule has 13 heavy (non-hydrogen) atoms. The second-order valence-corrected chi connectivity index (χ2v) is 2.86. The molecule has 3 N–H and O–H groups in total. The fourth-order valence-corrected chi connectivity index (χ4v) is 0.857. The summed E-state index contributed by atoms with van der Waals surface area (Å²) in [6.45, 7) is 4.40. The maximum absolute atomic E-state index is 11.1. The van der Waals surface area contributed by atoms with E-state index < -0.39 is 6.04 Å². The summed E-state index contributed by atoms with van der Waals surface area (Å²) in [7, 11) is 0. The predicted molar refractivity (Wildman–Crippen MR) is 50.2 cm³/mol. The molecule has 0 fully saturated rings. The average molecular weight is 182 g/mol. The van der Waals surface area contributed by atoms with Crippen LogP contribution in [0.15, 0.2) is 12.4 Å². The van der Waals surface area contributed by atoms with E-state index in [1.807, 2.05) is 6.92 Å². The van der Waals surface area contributed by atoms with Crippen LogP contribution in [0.25, 0.3) is 0 Å². The number of nitrogens with two attached hydrogens (primary N) is 1. The minimum absolute atomic E-state index is 0.198. The third-order valence-electron chi connectivity index (χ3n) is 1.64. The van der Waals surface area contributed by atoms with Gasteiger partial charge in [0, 0.05) is 12.7 Å². The maximum Gasteiger partial charge on any atom is 0.241 e. The number of hydrogen-bond donors (Lipinski definition) is 2. The van der Waals surface area contributed by atoms with Crippen molar-refractivity contribution >= 4 is 11.6 Å². The molecular formula is C8H14N4O. The Morgan fingerprint density at radius 2 is 2.54 bits per heavy atom. The summed E-state index contributed by atoms with van der Waals surface area (Å²) < 4.78 is 1.73. The number of aryl methyl sites for hydroxylation is 1. The zero-order valence-corrected chi connectivity index (χ0v) is 7.82. The number of nitrogens with one attached hydrogen (secondary N) is 1. The van der Waals surface area contributed by atoms with Gasteiger partial charge < -0.3 is 11.1 Å². The van der Waals surface area contributed by atoms with Crippen molar-refractivity contribution in [1.29, 1.82) is 0 Å². The Bertz CT molecular complexity index is 292. The number of anilines is 1. The minimum atomic E-state index is -0.495. The Balaban J connectivity index is 2.59. The van der Waals surface area contributed by atoms with Gasteiger partial charge in [-0.05, 0) is 13.8 Å². The predicted octanol–water partition coefficient (Wildman–Crippen LogP) is 0.189. The SMILES string of the molecule is CCn1cc(NC(=O)[C@@H](C)N)cn1. The van der Waals surface area contributed by atoms with Gasteiger partial charge in [-0.25, -0.2) is 0 Å². The van der Waals surface area contributed by atoms with Crippen LogP contribution in [0.5, 0.6) is 0 Å². The Labute approximate surface area is 76.9 Å². The van der Waals surface area contributed by atoms with Crippen LogP contribution in [0.4, 0.5) is 5.69 Å². The lowest BCUT2D eigenvalue weighted by Crippen LogP contribution is -2.32. The molecule has 1 rings (SSSR count). The van der Waals surface area contributed by atoms with Crippen LogP contribution in [0.1, 0.15) is 13.8 Å². The van der Waals surface area contributed by atoms with Gasteiger partial charge in [0.05, 0.1) is 17.9 Å². The van der Waals surface area contributed by atoms with Crippen molar-refractivity contribution in [2.75, 3.05) is 5.32 Å². The van der Waals surface area contributed by atoms with Crippen LogP contribution in [-0.2, 0) is 11.3 Å². The maximum atomic E-state index is 11.1. The summed E-state index contributed by atoms with van der Waals surface area (Å²) in [5.74, 6) is -0.198. The molecule has 72 valence electrons. The molecule has 0 radical (unpaired) electrons. The number of hydrogen-bond acceptors (Lipinski definition) is 3. The van der Waals surface area contributed by atoms with Gasteiger partial charge in [-0.3, -0.25) is 9.48 Å². The smallest absolute Gasteiger partial charge is 0.241 e. The van der Waals surface area contributed by atoms with Crippen molar-refractivity contribution < 1.29 is 4.79 Å². The Morgan fingerprint density at radius 3 is 3.00 bits per heavy atom. The van der Waals surface area contributed by atoms with Crippen molar-refractivity contribution in [3.05, 3.63) is 12.4 Å². The summed E-state index contributed by atoms with van der Waals surface area (Å²) in [5.41, 5.74) is 6.07. The van der Waals surface area contributed by atoms with E-state index in [1.165, 1.54) is 0 Å². The van der Waals surface area contributed by atoms with E-state index in [0.717, 1.165) is 6.54 Å². The van der Waals surface area contributed by atoms with Gasteiger partial charge in [-0.1, -0.05) is 0 Å². The van der Waals surface area contributed by atoms with Gasteiger partial charge in [0.2, 0.25) is 5.91 Å². The molecule has 0 spiro atoms. The third kappa shape index (κ3) is 2.55. The van der Waals surface area contributed by atoms with Gasteiger partial charge in [-0.15, -0.1) is 0 Å². The Kier molecular flexibility index (Phi) is 3.02. The number of nitrogens with zero attached hydrogens (tertiary/aromatic N) is 2. The van der Waals surface area contributed by atoms with Crippen LogP contribution in [0.3, 0.4) is 0 Å². The first-order chi connectivity index (χ1) is 6.13. The lowest BCUT2D eigenvalue weighted by atomic mass is 10.3. The van der Waals surface area contributed by atoms with E-state index in [9.17, 15) is 4.79 Å². The quantitative estimate of drug-likeness (QED) is 0.700.